The van der Waals surface area contributed by atoms with Crippen LogP contribution < -0.4 is 5.32 Å². The molecule has 2 rings (SSSR count). The quantitative estimate of drug-likeness (QED) is 0.869. The molecule has 1 N–H and O–H groups in total. The van der Waals surface area contributed by atoms with Gasteiger partial charge in [0.2, 0.25) is 11.8 Å². The highest BCUT2D eigenvalue weighted by molar-refractivity contribution is 7.99. The Morgan fingerprint density at radius 1 is 1.22 bits per heavy atom. The molecule has 1 aliphatic rings. The lowest BCUT2D eigenvalue weighted by Gasteiger charge is -2.26. The maximum Gasteiger partial charge on any atom is 0.245 e. The first kappa shape index (κ1) is 17.9. The lowest BCUT2D eigenvalue weighted by molar-refractivity contribution is -0.136. The first-order valence-corrected chi connectivity index (χ1v) is 9.56. The average molecular weight is 334 g/mol. The molecule has 0 unspecified atom stereocenters. The summed E-state index contributed by atoms with van der Waals surface area (Å²) in [6.45, 7) is 3.64. The maximum atomic E-state index is 12.7. The second kappa shape index (κ2) is 9.60. The molecule has 0 aromatic heterocycles. The molecule has 1 aromatic rings. The molecule has 0 spiro atoms. The number of carbonyl (C=O) groups excluding carboxylic acids is 2. The van der Waals surface area contributed by atoms with E-state index in [1.165, 1.54) is 0 Å². The second-order valence-electron chi connectivity index (χ2n) is 5.86. The Hall–Kier alpha value is -1.49. The summed E-state index contributed by atoms with van der Waals surface area (Å²) in [5, 5.41) is 2.95. The zero-order chi connectivity index (χ0) is 16.5. The van der Waals surface area contributed by atoms with Crippen LogP contribution in [0, 0.1) is 0 Å². The van der Waals surface area contributed by atoms with Gasteiger partial charge in [0.15, 0.2) is 0 Å². The molecule has 0 aliphatic carbocycles. The van der Waals surface area contributed by atoms with Crippen LogP contribution >= 0.6 is 11.8 Å². The number of benzene rings is 1. The third kappa shape index (κ3) is 5.90. The van der Waals surface area contributed by atoms with Gasteiger partial charge in [-0.3, -0.25) is 9.59 Å². The minimum absolute atomic E-state index is 0.0767. The summed E-state index contributed by atoms with van der Waals surface area (Å²) in [7, 11) is 0. The van der Waals surface area contributed by atoms with Gasteiger partial charge in [0.25, 0.3) is 0 Å². The largest absolute Gasteiger partial charge is 0.344 e. The molecule has 0 radical (unpaired) electrons. The first-order chi connectivity index (χ1) is 11.2. The van der Waals surface area contributed by atoms with E-state index in [1.807, 2.05) is 53.9 Å². The highest BCUT2D eigenvalue weighted by Gasteiger charge is 2.25. The predicted octanol–water partition coefficient (Wildman–Crippen LogP) is 2.48. The molecule has 1 aromatic carbocycles. The second-order valence-corrected chi connectivity index (χ2v) is 7.09. The molecule has 4 nitrogen and oxygen atoms in total. The van der Waals surface area contributed by atoms with Gasteiger partial charge >= 0.3 is 0 Å². The number of thioether (sulfide) groups is 1. The number of hydrogen-bond donors (Lipinski definition) is 1. The summed E-state index contributed by atoms with van der Waals surface area (Å²) in [5.41, 5.74) is 0.971. The third-order valence-electron chi connectivity index (χ3n) is 3.95. The number of nitrogens with one attached hydrogen (secondary N) is 1. The summed E-state index contributed by atoms with van der Waals surface area (Å²) in [4.78, 5) is 26.9. The minimum Gasteiger partial charge on any atom is -0.344 e. The van der Waals surface area contributed by atoms with E-state index >= 15 is 0 Å². The van der Waals surface area contributed by atoms with Gasteiger partial charge in [-0.15, -0.1) is 0 Å². The van der Waals surface area contributed by atoms with Gasteiger partial charge in [-0.1, -0.05) is 43.7 Å². The van der Waals surface area contributed by atoms with Crippen molar-refractivity contribution >= 4 is 23.6 Å². The Kier molecular flexibility index (Phi) is 7.46. The number of amides is 2. The van der Waals surface area contributed by atoms with Crippen molar-refractivity contribution in [3.8, 4) is 0 Å². The van der Waals surface area contributed by atoms with Gasteiger partial charge in [0.1, 0.15) is 6.04 Å². The smallest absolute Gasteiger partial charge is 0.245 e. The fraction of sp³-hybridized carbons (Fsp3) is 0.556. The van der Waals surface area contributed by atoms with Crippen molar-refractivity contribution < 1.29 is 9.59 Å². The summed E-state index contributed by atoms with van der Waals surface area (Å²) in [6.07, 6.45) is 2.94. The number of nitrogens with zero attached hydrogens (tertiary/aromatic N) is 1. The van der Waals surface area contributed by atoms with Crippen molar-refractivity contribution in [2.45, 2.75) is 38.6 Å². The summed E-state index contributed by atoms with van der Waals surface area (Å²) in [5.74, 6) is 2.11. The van der Waals surface area contributed by atoms with Gasteiger partial charge in [0.05, 0.1) is 6.42 Å². The molecule has 0 bridgehead atoms. The van der Waals surface area contributed by atoms with Gasteiger partial charge in [-0.25, -0.2) is 0 Å². The Morgan fingerprint density at radius 2 is 2.00 bits per heavy atom. The predicted molar refractivity (Wildman–Crippen MR) is 95.5 cm³/mol. The van der Waals surface area contributed by atoms with Gasteiger partial charge < -0.3 is 10.2 Å². The summed E-state index contributed by atoms with van der Waals surface area (Å²) in [6, 6.07) is 9.25. The average Bonchev–Trinajstić information content (AvgIpc) is 2.84. The zero-order valence-corrected chi connectivity index (χ0v) is 14.6. The Balaban J connectivity index is 1.93. The van der Waals surface area contributed by atoms with Crippen LogP contribution in [0.1, 0.15) is 31.7 Å². The summed E-state index contributed by atoms with van der Waals surface area (Å²) < 4.78 is 0. The Bertz CT molecular complexity index is 499. The van der Waals surface area contributed by atoms with Gasteiger partial charge in [0, 0.05) is 18.8 Å². The van der Waals surface area contributed by atoms with E-state index in [0.717, 1.165) is 43.0 Å². The molecule has 1 saturated heterocycles. The van der Waals surface area contributed by atoms with E-state index < -0.39 is 0 Å². The minimum atomic E-state index is -0.390. The van der Waals surface area contributed by atoms with Crippen LogP contribution in [0.2, 0.25) is 0 Å². The molecule has 5 heteroatoms. The number of rotatable bonds is 6. The Morgan fingerprint density at radius 3 is 2.74 bits per heavy atom. The normalized spacial score (nSPS) is 16.5. The van der Waals surface area contributed by atoms with E-state index in [4.69, 9.17) is 0 Å². The maximum absolute atomic E-state index is 12.7. The molecule has 1 fully saturated rings. The third-order valence-corrected chi connectivity index (χ3v) is 5.00. The van der Waals surface area contributed by atoms with Crippen LogP contribution in [0.3, 0.4) is 0 Å². The Labute approximate surface area is 143 Å². The zero-order valence-electron chi connectivity index (χ0n) is 13.8. The van der Waals surface area contributed by atoms with E-state index in [9.17, 15) is 9.59 Å². The van der Waals surface area contributed by atoms with Gasteiger partial charge in [-0.05, 0) is 24.2 Å². The number of hydrogen-bond acceptors (Lipinski definition) is 3. The molecule has 1 atom stereocenters. The van der Waals surface area contributed by atoms with Crippen LogP contribution in [-0.4, -0.2) is 47.4 Å². The molecular weight excluding hydrogens is 308 g/mol. The SMILES string of the molecule is CCC[C@@H](NC(=O)Cc1ccccc1)C(=O)N1CCCSCC1. The lowest BCUT2D eigenvalue weighted by Crippen LogP contribution is -2.49. The molecule has 23 heavy (non-hydrogen) atoms. The fourth-order valence-corrected chi connectivity index (χ4v) is 3.65. The lowest BCUT2D eigenvalue weighted by atomic mass is 10.1. The van der Waals surface area contributed by atoms with Gasteiger partial charge in [-0.2, -0.15) is 11.8 Å². The van der Waals surface area contributed by atoms with Crippen molar-refractivity contribution in [2.75, 3.05) is 24.6 Å². The van der Waals surface area contributed by atoms with Crippen molar-refractivity contribution in [2.24, 2.45) is 0 Å². The van der Waals surface area contributed by atoms with E-state index in [-0.39, 0.29) is 17.9 Å². The highest BCUT2D eigenvalue weighted by atomic mass is 32.2. The van der Waals surface area contributed by atoms with Crippen LogP contribution in [0.15, 0.2) is 30.3 Å². The van der Waals surface area contributed by atoms with Crippen LogP contribution in [-0.2, 0) is 16.0 Å². The topological polar surface area (TPSA) is 49.4 Å². The molecule has 1 heterocycles. The molecule has 0 saturated carbocycles. The van der Waals surface area contributed by atoms with E-state index in [0.29, 0.717) is 12.8 Å². The van der Waals surface area contributed by atoms with Crippen LogP contribution in [0.25, 0.3) is 0 Å². The van der Waals surface area contributed by atoms with Crippen molar-refractivity contribution in [1.82, 2.24) is 10.2 Å². The summed E-state index contributed by atoms with van der Waals surface area (Å²) >= 11 is 1.90. The molecule has 1 aliphatic heterocycles. The van der Waals surface area contributed by atoms with Crippen molar-refractivity contribution in [3.05, 3.63) is 35.9 Å². The number of carbonyl (C=O) groups is 2. The molecular formula is C18H26N2O2S. The van der Waals surface area contributed by atoms with Crippen molar-refractivity contribution in [3.63, 3.8) is 0 Å². The highest BCUT2D eigenvalue weighted by Crippen LogP contribution is 2.12. The standard InChI is InChI=1S/C18H26N2O2S/c1-2-7-16(18(22)20-10-6-12-23-13-11-20)19-17(21)14-15-8-4-3-5-9-15/h3-5,8-9,16H,2,6-7,10-14H2,1H3,(H,19,21)/t16-/m1/s1. The monoisotopic (exact) mass is 334 g/mol. The molecule has 126 valence electrons. The van der Waals surface area contributed by atoms with Crippen molar-refractivity contribution in [1.29, 1.82) is 0 Å². The first-order valence-electron chi connectivity index (χ1n) is 8.40. The van der Waals surface area contributed by atoms with Crippen LogP contribution in [0.5, 0.6) is 0 Å². The van der Waals surface area contributed by atoms with Crippen LogP contribution in [0.4, 0.5) is 0 Å². The van der Waals surface area contributed by atoms with E-state index in [1.54, 1.807) is 0 Å². The van der Waals surface area contributed by atoms with E-state index in [2.05, 4.69) is 5.32 Å². The molecule has 2 amide bonds. The fourth-order valence-electron chi connectivity index (χ4n) is 2.76.